The normalized spacial score (nSPS) is 14.9. The van der Waals surface area contributed by atoms with Crippen molar-refractivity contribution in [3.05, 3.63) is 63.8 Å². The van der Waals surface area contributed by atoms with Gasteiger partial charge in [0.2, 0.25) is 11.8 Å². The highest BCUT2D eigenvalue weighted by Gasteiger charge is 2.36. The molecule has 1 fully saturated rings. The van der Waals surface area contributed by atoms with Crippen LogP contribution in [0, 0.1) is 6.92 Å². The summed E-state index contributed by atoms with van der Waals surface area (Å²) in [6.45, 7) is 3.95. The maximum absolute atomic E-state index is 13.1. The second-order valence-electron chi connectivity index (χ2n) is 6.94. The Labute approximate surface area is 167 Å². The van der Waals surface area contributed by atoms with Crippen molar-refractivity contribution in [2.75, 3.05) is 0 Å². The Hall–Kier alpha value is -2.11. The van der Waals surface area contributed by atoms with Crippen LogP contribution in [0.4, 0.5) is 0 Å². The van der Waals surface area contributed by atoms with Crippen molar-refractivity contribution < 1.29 is 9.21 Å². The summed E-state index contributed by atoms with van der Waals surface area (Å²) in [7, 11) is 0. The molecule has 27 heavy (non-hydrogen) atoms. The molecule has 1 atom stereocenters. The summed E-state index contributed by atoms with van der Waals surface area (Å²) >= 11 is 7.58. The van der Waals surface area contributed by atoms with Gasteiger partial charge in [0.1, 0.15) is 5.76 Å². The highest BCUT2D eigenvalue weighted by atomic mass is 35.5. The molecule has 6 heteroatoms. The van der Waals surface area contributed by atoms with E-state index in [9.17, 15) is 4.79 Å². The number of halogens is 1. The molecule has 2 heterocycles. The lowest BCUT2D eigenvalue weighted by atomic mass is 10.1. The molecule has 1 aliphatic carbocycles. The number of carbonyl (C=O) groups is 1. The van der Waals surface area contributed by atoms with E-state index in [0.29, 0.717) is 22.7 Å². The molecule has 3 aromatic rings. The van der Waals surface area contributed by atoms with E-state index in [-0.39, 0.29) is 18.4 Å². The molecule has 4 nitrogen and oxygen atoms in total. The standard InChI is InChI=1S/C21H21ClN2O2S/c1-13(15-5-7-16(22)8-6-15)24(17-9-10-17)20(25)12-18-14(2)26-21(23-18)19-4-3-11-27-19/h3-8,11,13,17H,9-10,12H2,1-2H3. The van der Waals surface area contributed by atoms with Gasteiger partial charge in [-0.05, 0) is 55.8 Å². The highest BCUT2D eigenvalue weighted by molar-refractivity contribution is 7.13. The van der Waals surface area contributed by atoms with Crippen molar-refractivity contribution in [2.24, 2.45) is 0 Å². The van der Waals surface area contributed by atoms with Gasteiger partial charge in [-0.2, -0.15) is 0 Å². The lowest BCUT2D eigenvalue weighted by molar-refractivity contribution is -0.133. The molecule has 0 bridgehead atoms. The fraction of sp³-hybridized carbons (Fsp3) is 0.333. The number of aromatic nitrogens is 1. The zero-order valence-electron chi connectivity index (χ0n) is 15.3. The van der Waals surface area contributed by atoms with Crippen LogP contribution in [-0.4, -0.2) is 21.8 Å². The van der Waals surface area contributed by atoms with Crippen molar-refractivity contribution in [3.8, 4) is 10.8 Å². The minimum atomic E-state index is 0.00578. The molecule has 0 aliphatic heterocycles. The molecule has 2 aromatic heterocycles. The van der Waals surface area contributed by atoms with Crippen molar-refractivity contribution in [1.82, 2.24) is 9.88 Å². The summed E-state index contributed by atoms with van der Waals surface area (Å²) in [4.78, 5) is 20.7. The van der Waals surface area contributed by atoms with Crippen molar-refractivity contribution >= 4 is 28.8 Å². The van der Waals surface area contributed by atoms with Gasteiger partial charge in [-0.15, -0.1) is 11.3 Å². The number of rotatable bonds is 6. The number of amides is 1. The summed E-state index contributed by atoms with van der Waals surface area (Å²) in [5.74, 6) is 1.39. The number of carbonyl (C=O) groups excluding carboxylic acids is 1. The van der Waals surface area contributed by atoms with Gasteiger partial charge in [0.15, 0.2) is 0 Å². The Balaban J connectivity index is 1.54. The molecule has 0 radical (unpaired) electrons. The van der Waals surface area contributed by atoms with E-state index in [4.69, 9.17) is 16.0 Å². The molecular weight excluding hydrogens is 380 g/mol. The predicted molar refractivity (Wildman–Crippen MR) is 108 cm³/mol. The molecule has 140 valence electrons. The average Bonchev–Trinajstić information content (AvgIpc) is 3.18. The summed E-state index contributed by atoms with van der Waals surface area (Å²) in [6.07, 6.45) is 2.37. The first-order valence-corrected chi connectivity index (χ1v) is 10.4. The summed E-state index contributed by atoms with van der Waals surface area (Å²) < 4.78 is 5.79. The quantitative estimate of drug-likeness (QED) is 0.536. The molecule has 0 saturated heterocycles. The molecule has 1 saturated carbocycles. The summed E-state index contributed by atoms with van der Waals surface area (Å²) in [5, 5.41) is 2.69. The largest absolute Gasteiger partial charge is 0.440 e. The highest BCUT2D eigenvalue weighted by Crippen LogP contribution is 2.35. The monoisotopic (exact) mass is 400 g/mol. The van der Waals surface area contributed by atoms with Crippen molar-refractivity contribution in [2.45, 2.75) is 45.2 Å². The zero-order valence-corrected chi connectivity index (χ0v) is 16.9. The van der Waals surface area contributed by atoms with Gasteiger partial charge in [-0.3, -0.25) is 4.79 Å². The van der Waals surface area contributed by atoms with Crippen molar-refractivity contribution in [3.63, 3.8) is 0 Å². The van der Waals surface area contributed by atoms with E-state index in [1.165, 1.54) is 0 Å². The molecule has 1 aromatic carbocycles. The Morgan fingerprint density at radius 2 is 2.07 bits per heavy atom. The third kappa shape index (κ3) is 3.94. The number of oxazole rings is 1. The molecule has 1 amide bonds. The average molecular weight is 401 g/mol. The maximum atomic E-state index is 13.1. The number of thiophene rings is 1. The molecule has 1 unspecified atom stereocenters. The van der Waals surface area contributed by atoms with Crippen LogP contribution in [0.15, 0.2) is 46.2 Å². The van der Waals surface area contributed by atoms with Crippen LogP contribution in [0.2, 0.25) is 5.02 Å². The van der Waals surface area contributed by atoms with E-state index in [1.807, 2.05) is 53.6 Å². The Morgan fingerprint density at radius 1 is 1.33 bits per heavy atom. The lowest BCUT2D eigenvalue weighted by Gasteiger charge is -2.30. The Morgan fingerprint density at radius 3 is 2.70 bits per heavy atom. The van der Waals surface area contributed by atoms with Gasteiger partial charge in [0.05, 0.1) is 23.0 Å². The van der Waals surface area contributed by atoms with E-state index >= 15 is 0 Å². The first-order chi connectivity index (χ1) is 13.0. The number of hydrogen-bond acceptors (Lipinski definition) is 4. The van der Waals surface area contributed by atoms with E-state index in [1.54, 1.807) is 11.3 Å². The molecule has 0 N–H and O–H groups in total. The van der Waals surface area contributed by atoms with Gasteiger partial charge < -0.3 is 9.32 Å². The van der Waals surface area contributed by atoms with Crippen LogP contribution < -0.4 is 0 Å². The SMILES string of the molecule is Cc1oc(-c2cccs2)nc1CC(=O)N(C1CC1)C(C)c1ccc(Cl)cc1. The molecule has 0 spiro atoms. The van der Waals surface area contributed by atoms with Crippen molar-refractivity contribution in [1.29, 1.82) is 0 Å². The third-order valence-electron chi connectivity index (χ3n) is 4.94. The molecular formula is C21H21ClN2O2S. The van der Waals surface area contributed by atoms with Crippen LogP contribution in [0.1, 0.15) is 42.8 Å². The van der Waals surface area contributed by atoms with Crippen LogP contribution in [0.5, 0.6) is 0 Å². The molecule has 1 aliphatic rings. The third-order valence-corrected chi connectivity index (χ3v) is 6.05. The first-order valence-electron chi connectivity index (χ1n) is 9.09. The Kier molecular flexibility index (Phi) is 5.06. The lowest BCUT2D eigenvalue weighted by Crippen LogP contribution is -2.36. The second-order valence-corrected chi connectivity index (χ2v) is 8.32. The predicted octanol–water partition coefficient (Wildman–Crippen LogP) is 5.66. The summed E-state index contributed by atoms with van der Waals surface area (Å²) in [5.41, 5.74) is 1.81. The maximum Gasteiger partial charge on any atom is 0.236 e. The fourth-order valence-corrected chi connectivity index (χ4v) is 4.10. The Bertz CT molecular complexity index is 930. The van der Waals surface area contributed by atoms with E-state index in [2.05, 4.69) is 11.9 Å². The van der Waals surface area contributed by atoms with Crippen LogP contribution >= 0.6 is 22.9 Å². The van der Waals surface area contributed by atoms with Gasteiger partial charge in [-0.1, -0.05) is 29.8 Å². The minimum absolute atomic E-state index is 0.00578. The minimum Gasteiger partial charge on any atom is -0.440 e. The van der Waals surface area contributed by atoms with Gasteiger partial charge >= 0.3 is 0 Å². The van der Waals surface area contributed by atoms with Gasteiger partial charge in [0, 0.05) is 11.1 Å². The number of benzene rings is 1. The number of hydrogen-bond donors (Lipinski definition) is 0. The van der Waals surface area contributed by atoms with Crippen LogP contribution in [0.3, 0.4) is 0 Å². The van der Waals surface area contributed by atoms with Crippen LogP contribution in [-0.2, 0) is 11.2 Å². The van der Waals surface area contributed by atoms with E-state index < -0.39 is 0 Å². The number of nitrogens with zero attached hydrogens (tertiary/aromatic N) is 2. The topological polar surface area (TPSA) is 46.3 Å². The van der Waals surface area contributed by atoms with E-state index in [0.717, 1.165) is 29.0 Å². The first kappa shape index (κ1) is 18.3. The van der Waals surface area contributed by atoms with Gasteiger partial charge in [-0.25, -0.2) is 4.98 Å². The fourth-order valence-electron chi connectivity index (χ4n) is 3.32. The zero-order chi connectivity index (χ0) is 19.0. The smallest absolute Gasteiger partial charge is 0.236 e. The van der Waals surface area contributed by atoms with Gasteiger partial charge in [0.25, 0.3) is 0 Å². The summed E-state index contributed by atoms with van der Waals surface area (Å²) in [6, 6.07) is 12.0. The molecule has 4 rings (SSSR count). The number of aryl methyl sites for hydroxylation is 1. The second kappa shape index (κ2) is 7.49. The van der Waals surface area contributed by atoms with Crippen LogP contribution in [0.25, 0.3) is 10.8 Å².